The summed E-state index contributed by atoms with van der Waals surface area (Å²) in [6.07, 6.45) is -6.28. The smallest absolute Gasteiger partial charge is 0.388 e. The predicted octanol–water partition coefficient (Wildman–Crippen LogP) is -0.484. The van der Waals surface area contributed by atoms with E-state index in [0.717, 1.165) is 0 Å². The molecule has 0 aromatic carbocycles. The molecule has 1 saturated heterocycles. The molecule has 1 aliphatic rings. The molecule has 9 nitrogen and oxygen atoms in total. The highest BCUT2D eigenvalue weighted by molar-refractivity contribution is 7.51. The third-order valence-electron chi connectivity index (χ3n) is 2.69. The van der Waals surface area contributed by atoms with E-state index in [2.05, 4.69) is 5.25 Å². The largest absolute Gasteiger partial charge is 0.428 e. The second-order valence-electron chi connectivity index (χ2n) is 4.22. The van der Waals surface area contributed by atoms with Gasteiger partial charge in [0.05, 0.1) is 19.3 Å². The van der Waals surface area contributed by atoms with Gasteiger partial charge in [0.15, 0.2) is 0 Å². The summed E-state index contributed by atoms with van der Waals surface area (Å²) in [5.74, 6) is 0. The minimum Gasteiger partial charge on any atom is -0.388 e. The van der Waals surface area contributed by atoms with Crippen molar-refractivity contribution in [3.8, 4) is 0 Å². The van der Waals surface area contributed by atoms with Crippen molar-refractivity contribution in [3.63, 3.8) is 0 Å². The van der Waals surface area contributed by atoms with E-state index in [1.54, 1.807) is 13.8 Å². The van der Waals surface area contributed by atoms with Crippen molar-refractivity contribution in [2.45, 2.75) is 51.5 Å². The van der Waals surface area contributed by atoms with Crippen molar-refractivity contribution in [2.75, 3.05) is 13.2 Å². The van der Waals surface area contributed by atoms with Gasteiger partial charge in [-0.15, -0.1) is 0 Å². The number of aliphatic hydroxyl groups is 3. The first-order valence-corrected chi connectivity index (χ1v) is 7.90. The lowest BCUT2D eigenvalue weighted by Gasteiger charge is -2.38. The molecular weight excluding hydrogens is 293 g/mol. The second kappa shape index (κ2) is 7.79. The normalized spacial score (nSPS) is 35.2. The lowest BCUT2D eigenvalue weighted by Crippen LogP contribution is -2.58. The molecule has 1 fully saturated rings. The molecule has 0 saturated carbocycles. The van der Waals surface area contributed by atoms with Crippen LogP contribution in [0.5, 0.6) is 0 Å². The van der Waals surface area contributed by atoms with Gasteiger partial charge in [-0.25, -0.2) is 4.57 Å². The molecule has 0 aromatic heterocycles. The summed E-state index contributed by atoms with van der Waals surface area (Å²) in [6.45, 7) is 5.00. The van der Waals surface area contributed by atoms with E-state index in [1.165, 1.54) is 6.92 Å². The zero-order valence-electron chi connectivity index (χ0n) is 11.6. The molecule has 1 aliphatic heterocycles. The van der Waals surface area contributed by atoms with Crippen LogP contribution < -0.4 is 5.25 Å². The Bertz CT molecular complexity index is 333. The fourth-order valence-corrected chi connectivity index (χ4v) is 2.75. The standard InChI is InChI=1S/C10H22NO8P/c1-4-16-20(15,17-5-2)11-19-10-9(14)8(13)7(12)6(3)18-10/h6-10,12-14H,4-5H2,1-3H3,(H,11,15)/t6-,7-,8+,9-,10+/m1/s1. The molecule has 0 aromatic rings. The number of aliphatic hydroxyl groups excluding tert-OH is 3. The summed E-state index contributed by atoms with van der Waals surface area (Å²) in [7, 11) is -3.67. The SMILES string of the molecule is CCOP(=O)(NO[C@@H]1O[C@H](C)[C@@H](O)[C@H](O)[C@H]1O)OCC. The Hall–Kier alpha value is -0.0900. The number of ether oxygens (including phenoxy) is 1. The minimum absolute atomic E-state index is 0.124. The zero-order chi connectivity index (χ0) is 15.3. The van der Waals surface area contributed by atoms with Crippen LogP contribution in [-0.4, -0.2) is 59.2 Å². The van der Waals surface area contributed by atoms with Crippen molar-refractivity contribution < 1.29 is 38.5 Å². The van der Waals surface area contributed by atoms with Crippen LogP contribution >= 0.6 is 7.75 Å². The van der Waals surface area contributed by atoms with Crippen LogP contribution in [0, 0.1) is 0 Å². The zero-order valence-corrected chi connectivity index (χ0v) is 12.5. The molecule has 120 valence electrons. The van der Waals surface area contributed by atoms with Gasteiger partial charge < -0.3 is 20.1 Å². The van der Waals surface area contributed by atoms with Gasteiger partial charge in [0.1, 0.15) is 18.3 Å². The average molecular weight is 315 g/mol. The van der Waals surface area contributed by atoms with Crippen LogP contribution in [0.4, 0.5) is 0 Å². The highest BCUT2D eigenvalue weighted by atomic mass is 31.2. The molecular formula is C10H22NO8P. The summed E-state index contributed by atoms with van der Waals surface area (Å²) in [4.78, 5) is 4.95. The highest BCUT2D eigenvalue weighted by Crippen LogP contribution is 2.43. The summed E-state index contributed by atoms with van der Waals surface area (Å²) >= 11 is 0. The van der Waals surface area contributed by atoms with Crippen LogP contribution in [0.1, 0.15) is 20.8 Å². The molecule has 0 radical (unpaired) electrons. The van der Waals surface area contributed by atoms with E-state index in [4.69, 9.17) is 18.6 Å². The van der Waals surface area contributed by atoms with Crippen molar-refractivity contribution in [1.82, 2.24) is 5.25 Å². The summed E-state index contributed by atoms with van der Waals surface area (Å²) in [6, 6.07) is 0. The summed E-state index contributed by atoms with van der Waals surface area (Å²) < 4.78 is 27.1. The third kappa shape index (κ3) is 4.45. The average Bonchev–Trinajstić information content (AvgIpc) is 2.40. The Kier molecular flexibility index (Phi) is 6.99. The molecule has 1 rings (SSSR count). The highest BCUT2D eigenvalue weighted by Gasteiger charge is 2.43. The van der Waals surface area contributed by atoms with E-state index >= 15 is 0 Å². The van der Waals surface area contributed by atoms with Crippen LogP contribution in [0.3, 0.4) is 0 Å². The Morgan fingerprint density at radius 2 is 1.65 bits per heavy atom. The first kappa shape index (κ1) is 18.0. The van der Waals surface area contributed by atoms with Gasteiger partial charge in [0, 0.05) is 0 Å². The first-order valence-electron chi connectivity index (χ1n) is 6.36. The minimum atomic E-state index is -3.67. The van der Waals surface area contributed by atoms with Crippen LogP contribution in [0.2, 0.25) is 0 Å². The molecule has 0 amide bonds. The molecule has 4 N–H and O–H groups in total. The lowest BCUT2D eigenvalue weighted by atomic mass is 10.0. The van der Waals surface area contributed by atoms with E-state index in [0.29, 0.717) is 0 Å². The second-order valence-corrected chi connectivity index (χ2v) is 5.92. The number of nitrogens with one attached hydrogen (secondary N) is 1. The summed E-state index contributed by atoms with van der Waals surface area (Å²) in [5.41, 5.74) is 0. The molecule has 0 bridgehead atoms. The molecule has 0 spiro atoms. The fourth-order valence-electron chi connectivity index (χ4n) is 1.66. The maximum atomic E-state index is 12.1. The monoisotopic (exact) mass is 315 g/mol. The predicted molar refractivity (Wildman–Crippen MR) is 67.4 cm³/mol. The Balaban J connectivity index is 2.61. The Morgan fingerprint density at radius 3 is 2.15 bits per heavy atom. The van der Waals surface area contributed by atoms with Gasteiger partial charge in [-0.2, -0.15) is 0 Å². The molecule has 0 unspecified atom stereocenters. The maximum absolute atomic E-state index is 12.1. The lowest BCUT2D eigenvalue weighted by molar-refractivity contribution is -0.302. The van der Waals surface area contributed by atoms with E-state index in [-0.39, 0.29) is 13.2 Å². The van der Waals surface area contributed by atoms with E-state index in [9.17, 15) is 19.9 Å². The van der Waals surface area contributed by atoms with Gasteiger partial charge in [-0.1, -0.05) is 5.25 Å². The van der Waals surface area contributed by atoms with Gasteiger partial charge >= 0.3 is 7.75 Å². The van der Waals surface area contributed by atoms with Crippen molar-refractivity contribution in [1.29, 1.82) is 0 Å². The van der Waals surface area contributed by atoms with E-state index in [1.807, 2.05) is 0 Å². The number of hydrogen-bond donors (Lipinski definition) is 4. The molecule has 20 heavy (non-hydrogen) atoms. The molecule has 1 heterocycles. The Labute approximate surface area is 117 Å². The van der Waals surface area contributed by atoms with Crippen LogP contribution in [0.15, 0.2) is 0 Å². The third-order valence-corrected chi connectivity index (χ3v) is 4.21. The van der Waals surface area contributed by atoms with Gasteiger partial charge in [-0.3, -0.25) is 13.9 Å². The number of hydrogen-bond acceptors (Lipinski definition) is 8. The molecule has 10 heteroatoms. The number of rotatable bonds is 7. The molecule has 0 aliphatic carbocycles. The fraction of sp³-hybridized carbons (Fsp3) is 1.00. The van der Waals surface area contributed by atoms with Crippen molar-refractivity contribution in [2.24, 2.45) is 0 Å². The van der Waals surface area contributed by atoms with Crippen molar-refractivity contribution in [3.05, 3.63) is 0 Å². The Morgan fingerprint density at radius 1 is 1.10 bits per heavy atom. The van der Waals surface area contributed by atoms with Crippen LogP contribution in [0.25, 0.3) is 0 Å². The van der Waals surface area contributed by atoms with E-state index < -0.39 is 38.5 Å². The first-order chi connectivity index (χ1) is 9.34. The van der Waals surface area contributed by atoms with Gasteiger partial charge in [-0.05, 0) is 20.8 Å². The summed E-state index contributed by atoms with van der Waals surface area (Å²) in [5, 5.41) is 30.9. The quantitative estimate of drug-likeness (QED) is 0.364. The van der Waals surface area contributed by atoms with Gasteiger partial charge in [0.2, 0.25) is 6.29 Å². The molecule has 5 atom stereocenters. The van der Waals surface area contributed by atoms with Gasteiger partial charge in [0.25, 0.3) is 0 Å². The van der Waals surface area contributed by atoms with Crippen molar-refractivity contribution >= 4 is 7.75 Å². The van der Waals surface area contributed by atoms with Crippen LogP contribution in [-0.2, 0) is 23.2 Å². The maximum Gasteiger partial charge on any atom is 0.428 e. The topological polar surface area (TPSA) is 127 Å².